The summed E-state index contributed by atoms with van der Waals surface area (Å²) in [6.07, 6.45) is -0.550. The van der Waals surface area contributed by atoms with Crippen LogP contribution < -0.4 is 0 Å². The Kier molecular flexibility index (Phi) is 3.23. The molecule has 3 aromatic rings. The molecular weight excluding hydrogens is 310 g/mol. The molecule has 0 aliphatic carbocycles. The summed E-state index contributed by atoms with van der Waals surface area (Å²) < 4.78 is 26.2. The average molecular weight is 325 g/mol. The Morgan fingerprint density at radius 3 is 2.35 bits per heavy atom. The van der Waals surface area contributed by atoms with E-state index in [1.807, 2.05) is 49.4 Å². The first-order chi connectivity index (χ1) is 11.1. The minimum absolute atomic E-state index is 0.242. The summed E-state index contributed by atoms with van der Waals surface area (Å²) in [5.74, 6) is 0. The molecule has 4 rings (SSSR count). The summed E-state index contributed by atoms with van der Waals surface area (Å²) >= 11 is 0. The van der Waals surface area contributed by atoms with Crippen molar-refractivity contribution in [3.63, 3.8) is 0 Å². The molecule has 0 aromatic heterocycles. The van der Waals surface area contributed by atoms with E-state index in [4.69, 9.17) is 4.84 Å². The normalized spacial score (nSPS) is 20.6. The number of nitrogens with zero attached hydrogens (tertiary/aromatic N) is 1. The van der Waals surface area contributed by atoms with Crippen molar-refractivity contribution in [3.8, 4) is 0 Å². The second-order valence-corrected chi connectivity index (χ2v) is 7.42. The molecule has 23 heavy (non-hydrogen) atoms. The first-order valence-electron chi connectivity index (χ1n) is 7.32. The zero-order valence-corrected chi connectivity index (χ0v) is 13.3. The molecule has 1 aliphatic rings. The van der Waals surface area contributed by atoms with Crippen molar-refractivity contribution in [3.05, 3.63) is 77.9 Å². The van der Waals surface area contributed by atoms with Crippen LogP contribution >= 0.6 is 0 Å². The molecule has 2 atom stereocenters. The van der Waals surface area contributed by atoms with Crippen LogP contribution in [0.5, 0.6) is 0 Å². The van der Waals surface area contributed by atoms with E-state index in [1.165, 1.54) is 0 Å². The van der Waals surface area contributed by atoms with Crippen LogP contribution in [-0.4, -0.2) is 12.9 Å². The Morgan fingerprint density at radius 2 is 1.61 bits per heavy atom. The van der Waals surface area contributed by atoms with Crippen molar-refractivity contribution >= 4 is 20.8 Å². The number of fused-ring (bicyclic) bond motifs is 1. The minimum Gasteiger partial charge on any atom is -0.253 e. The van der Waals surface area contributed by atoms with Gasteiger partial charge in [-0.2, -0.15) is 0 Å². The zero-order valence-electron chi connectivity index (χ0n) is 12.5. The summed E-state index contributed by atoms with van der Waals surface area (Å²) in [5.41, 5.74) is 1.85. The fraction of sp³-hybridized carbons (Fsp3) is 0.111. The molecule has 0 N–H and O–H groups in total. The lowest BCUT2D eigenvalue weighted by Gasteiger charge is -2.04. The smallest absolute Gasteiger partial charge is 0.253 e. The molecule has 3 aromatic carbocycles. The highest BCUT2D eigenvalue weighted by Gasteiger charge is 2.48. The summed E-state index contributed by atoms with van der Waals surface area (Å²) in [5, 5.41) is 2.18. The predicted molar refractivity (Wildman–Crippen MR) is 88.0 cm³/mol. The zero-order chi connectivity index (χ0) is 16.0. The maximum absolute atomic E-state index is 12.6. The van der Waals surface area contributed by atoms with Crippen LogP contribution in [0.2, 0.25) is 0 Å². The largest absolute Gasteiger partial charge is 0.267 e. The van der Waals surface area contributed by atoms with Gasteiger partial charge >= 0.3 is 0 Å². The van der Waals surface area contributed by atoms with E-state index >= 15 is 0 Å². The molecule has 1 fully saturated rings. The van der Waals surface area contributed by atoms with Crippen LogP contribution in [0.1, 0.15) is 17.4 Å². The van der Waals surface area contributed by atoms with Crippen LogP contribution in [0, 0.1) is 6.92 Å². The topological polar surface area (TPSA) is 49.7 Å². The first kappa shape index (κ1) is 14.4. The first-order valence-corrected chi connectivity index (χ1v) is 8.76. The van der Waals surface area contributed by atoms with E-state index in [1.54, 1.807) is 24.3 Å². The maximum atomic E-state index is 12.6. The quantitative estimate of drug-likeness (QED) is 0.689. The molecular formula is C18H15NO3S. The summed E-state index contributed by atoms with van der Waals surface area (Å²) in [6, 6.07) is 20.6. The molecule has 0 spiro atoms. The molecule has 1 aliphatic heterocycles. The highest BCUT2D eigenvalue weighted by Crippen LogP contribution is 2.42. The van der Waals surface area contributed by atoms with E-state index in [-0.39, 0.29) is 4.90 Å². The van der Waals surface area contributed by atoms with Crippen LogP contribution in [0.3, 0.4) is 0 Å². The molecule has 5 heteroatoms. The van der Waals surface area contributed by atoms with Gasteiger partial charge in [-0.25, -0.2) is 8.42 Å². The molecule has 116 valence electrons. The van der Waals surface area contributed by atoms with Gasteiger partial charge < -0.3 is 0 Å². The number of benzene rings is 3. The predicted octanol–water partition coefficient (Wildman–Crippen LogP) is 3.78. The third-order valence-electron chi connectivity index (χ3n) is 3.96. The number of rotatable bonds is 3. The summed E-state index contributed by atoms with van der Waals surface area (Å²) in [4.78, 5) is 5.59. The average Bonchev–Trinajstić information content (AvgIpc) is 3.36. The molecule has 0 saturated carbocycles. The lowest BCUT2D eigenvalue weighted by atomic mass is 10.1. The third-order valence-corrected chi connectivity index (χ3v) is 5.58. The van der Waals surface area contributed by atoms with E-state index in [2.05, 4.69) is 0 Å². The monoisotopic (exact) mass is 325 g/mol. The van der Waals surface area contributed by atoms with Gasteiger partial charge in [-0.1, -0.05) is 54.1 Å². The van der Waals surface area contributed by atoms with Crippen molar-refractivity contribution < 1.29 is 13.3 Å². The second kappa shape index (κ2) is 5.16. The molecule has 1 heterocycles. The Hall–Kier alpha value is -2.21. The molecule has 0 amide bonds. The van der Waals surface area contributed by atoms with Crippen molar-refractivity contribution in [1.82, 2.24) is 4.47 Å². The van der Waals surface area contributed by atoms with E-state index < -0.39 is 16.3 Å². The van der Waals surface area contributed by atoms with Gasteiger partial charge in [-0.05, 0) is 40.4 Å². The van der Waals surface area contributed by atoms with E-state index in [0.29, 0.717) is 0 Å². The highest BCUT2D eigenvalue weighted by molar-refractivity contribution is 7.89. The fourth-order valence-electron chi connectivity index (χ4n) is 2.61. The van der Waals surface area contributed by atoms with Gasteiger partial charge in [0.2, 0.25) is 0 Å². The van der Waals surface area contributed by atoms with Crippen LogP contribution in [0.4, 0.5) is 0 Å². The summed E-state index contributed by atoms with van der Waals surface area (Å²) in [6.45, 7) is 1.92. The molecule has 0 radical (unpaired) electrons. The van der Waals surface area contributed by atoms with Gasteiger partial charge in [0, 0.05) is 5.56 Å². The Balaban J connectivity index is 1.64. The number of sulfonamides is 1. The van der Waals surface area contributed by atoms with Crippen LogP contribution in [-0.2, 0) is 14.9 Å². The Morgan fingerprint density at radius 1 is 0.913 bits per heavy atom. The number of aryl methyl sites for hydroxylation is 1. The molecule has 1 saturated heterocycles. The second-order valence-electron chi connectivity index (χ2n) is 5.64. The highest BCUT2D eigenvalue weighted by atomic mass is 32.2. The van der Waals surface area contributed by atoms with Gasteiger partial charge in [-0.3, -0.25) is 4.84 Å². The number of hydrogen-bond donors (Lipinski definition) is 0. The van der Waals surface area contributed by atoms with Gasteiger partial charge in [0.15, 0.2) is 6.23 Å². The summed E-state index contributed by atoms with van der Waals surface area (Å²) in [7, 11) is -3.62. The third kappa shape index (κ3) is 2.53. The van der Waals surface area contributed by atoms with E-state index in [0.717, 1.165) is 26.4 Å². The van der Waals surface area contributed by atoms with Crippen molar-refractivity contribution in [1.29, 1.82) is 0 Å². The molecule has 1 unspecified atom stereocenters. The van der Waals surface area contributed by atoms with Gasteiger partial charge in [0.25, 0.3) is 10.0 Å². The minimum atomic E-state index is -3.62. The number of hydrogen-bond acceptors (Lipinski definition) is 3. The van der Waals surface area contributed by atoms with E-state index in [9.17, 15) is 8.42 Å². The standard InChI is InChI=1S/C18H15NO3S/c1-13-6-10-17(11-7-13)23(20,21)19-18(22-19)16-9-8-14-4-2-3-5-15(14)12-16/h2-12,18H,1H3/t18-,19?/m1/s1. The van der Waals surface area contributed by atoms with Gasteiger partial charge in [-0.15, -0.1) is 0 Å². The lowest BCUT2D eigenvalue weighted by Crippen LogP contribution is -2.12. The molecule has 4 nitrogen and oxygen atoms in total. The van der Waals surface area contributed by atoms with Crippen molar-refractivity contribution in [2.24, 2.45) is 0 Å². The van der Waals surface area contributed by atoms with Crippen LogP contribution in [0.15, 0.2) is 71.6 Å². The Bertz CT molecular complexity index is 981. The van der Waals surface area contributed by atoms with Gasteiger partial charge in [0.1, 0.15) is 0 Å². The fourth-order valence-corrected chi connectivity index (χ4v) is 3.87. The van der Waals surface area contributed by atoms with Crippen molar-refractivity contribution in [2.45, 2.75) is 18.0 Å². The van der Waals surface area contributed by atoms with Crippen LogP contribution in [0.25, 0.3) is 10.8 Å². The lowest BCUT2D eigenvalue weighted by molar-refractivity contribution is 0.283. The maximum Gasteiger partial charge on any atom is 0.267 e. The SMILES string of the molecule is Cc1ccc(S(=O)(=O)N2O[C@@H]2c2ccc3ccccc3c2)cc1. The Labute approximate surface area is 134 Å². The van der Waals surface area contributed by atoms with Gasteiger partial charge in [0.05, 0.1) is 4.90 Å². The number of hydroxylamine groups is 1. The molecule has 0 bridgehead atoms. The van der Waals surface area contributed by atoms with Crippen molar-refractivity contribution in [2.75, 3.05) is 0 Å².